The number of hydrogen-bond acceptors (Lipinski definition) is 1. The highest BCUT2D eigenvalue weighted by Gasteiger charge is 1.96. The van der Waals surface area contributed by atoms with Crippen molar-refractivity contribution in [3.8, 4) is 5.69 Å². The van der Waals surface area contributed by atoms with Crippen molar-refractivity contribution in [2.24, 2.45) is 0 Å². The van der Waals surface area contributed by atoms with Gasteiger partial charge < -0.3 is 5.32 Å². The number of aromatic nitrogens is 2. The van der Waals surface area contributed by atoms with Crippen molar-refractivity contribution in [3.63, 3.8) is 0 Å². The van der Waals surface area contributed by atoms with E-state index in [4.69, 9.17) is 0 Å². The van der Waals surface area contributed by atoms with E-state index in [2.05, 4.69) is 36.4 Å². The molecule has 0 atom stereocenters. The highest BCUT2D eigenvalue weighted by molar-refractivity contribution is 5.33. The van der Waals surface area contributed by atoms with Crippen LogP contribution in [0.5, 0.6) is 0 Å². The molecule has 1 aromatic carbocycles. The highest BCUT2D eigenvalue weighted by atomic mass is 15.3. The molecule has 3 nitrogen and oxygen atoms in total. The number of nitrogens with two attached hydrogens (primary N) is 1. The van der Waals surface area contributed by atoms with Crippen molar-refractivity contribution >= 4 is 0 Å². The van der Waals surface area contributed by atoms with Crippen LogP contribution >= 0.6 is 0 Å². The first-order chi connectivity index (χ1) is 6.90. The summed E-state index contributed by atoms with van der Waals surface area (Å²) < 4.78 is 1.84. The molecule has 0 aliphatic carbocycles. The molecule has 0 bridgehead atoms. The molecule has 0 aliphatic heterocycles. The third kappa shape index (κ3) is 1.83. The van der Waals surface area contributed by atoms with Crippen LogP contribution in [0, 0.1) is 7.05 Å². The first-order valence-corrected chi connectivity index (χ1v) is 4.60. The monoisotopic (exact) mass is 187 g/mol. The molecule has 0 aliphatic rings. The first kappa shape index (κ1) is 8.97. The Hall–Kier alpha value is -1.61. The van der Waals surface area contributed by atoms with Crippen molar-refractivity contribution in [2.45, 2.75) is 6.54 Å². The van der Waals surface area contributed by atoms with Gasteiger partial charge in [-0.25, -0.2) is 4.68 Å². The summed E-state index contributed by atoms with van der Waals surface area (Å²) in [6.45, 7) is 0.916. The molecule has 72 valence electrons. The zero-order valence-electron chi connectivity index (χ0n) is 7.93. The van der Waals surface area contributed by atoms with Crippen LogP contribution in [0.1, 0.15) is 5.56 Å². The third-order valence-electron chi connectivity index (χ3n) is 2.09. The second-order valence-corrected chi connectivity index (χ2v) is 3.11. The average molecular weight is 187 g/mol. The number of benzene rings is 1. The summed E-state index contributed by atoms with van der Waals surface area (Å²) in [6, 6.07) is 10.2. The molecule has 0 amide bonds. The number of rotatable bonds is 3. The fourth-order valence-corrected chi connectivity index (χ4v) is 1.37. The molecule has 0 fully saturated rings. The van der Waals surface area contributed by atoms with Gasteiger partial charge in [0, 0.05) is 18.0 Å². The molecule has 0 radical (unpaired) electrons. The molecule has 3 heteroatoms. The average Bonchev–Trinajstić information content (AvgIpc) is 2.72. The summed E-state index contributed by atoms with van der Waals surface area (Å²) in [4.78, 5) is 0. The Morgan fingerprint density at radius 1 is 1.29 bits per heavy atom. The molecule has 0 spiro atoms. The van der Waals surface area contributed by atoms with E-state index in [9.17, 15) is 0 Å². The van der Waals surface area contributed by atoms with E-state index in [1.54, 1.807) is 6.20 Å². The normalized spacial score (nSPS) is 10.4. The predicted molar refractivity (Wildman–Crippen MR) is 54.6 cm³/mol. The van der Waals surface area contributed by atoms with E-state index in [0.29, 0.717) is 0 Å². The lowest BCUT2D eigenvalue weighted by Crippen LogP contribution is -2.74. The van der Waals surface area contributed by atoms with Gasteiger partial charge in [-0.1, -0.05) is 12.1 Å². The fourth-order valence-electron chi connectivity index (χ4n) is 1.37. The van der Waals surface area contributed by atoms with Gasteiger partial charge in [-0.15, -0.1) is 0 Å². The first-order valence-electron chi connectivity index (χ1n) is 4.60. The zero-order valence-corrected chi connectivity index (χ0v) is 7.93. The molecule has 2 rings (SSSR count). The largest absolute Gasteiger partial charge is 0.475 e. The second kappa shape index (κ2) is 4.07. The van der Waals surface area contributed by atoms with Gasteiger partial charge in [0.05, 0.1) is 12.2 Å². The van der Waals surface area contributed by atoms with Gasteiger partial charge in [-0.05, 0) is 18.2 Å². The Kier molecular flexibility index (Phi) is 2.60. The quantitative estimate of drug-likeness (QED) is 0.706. The Balaban J connectivity index is 2.22. The molecular formula is C11H13N3. The summed E-state index contributed by atoms with van der Waals surface area (Å²) in [5.41, 5.74) is 2.36. The van der Waals surface area contributed by atoms with Crippen LogP contribution in [0.3, 0.4) is 0 Å². The standard InChI is InChI=1S/C11H13N3/c1-12-9-10-3-5-11(6-4-10)14-8-2-7-13-14/h2-8H,1,9,12H2. The van der Waals surface area contributed by atoms with Crippen LogP contribution in [-0.2, 0) is 6.54 Å². The molecule has 0 saturated heterocycles. The van der Waals surface area contributed by atoms with Crippen LogP contribution in [-0.4, -0.2) is 9.78 Å². The molecule has 1 heterocycles. The molecule has 2 aromatic rings. The minimum absolute atomic E-state index is 0.916. The van der Waals surface area contributed by atoms with Crippen molar-refractivity contribution in [2.75, 3.05) is 0 Å². The van der Waals surface area contributed by atoms with Gasteiger partial charge in [-0.3, -0.25) is 0 Å². The van der Waals surface area contributed by atoms with E-state index in [1.165, 1.54) is 5.56 Å². The highest BCUT2D eigenvalue weighted by Crippen LogP contribution is 2.07. The van der Waals surface area contributed by atoms with E-state index in [1.807, 2.05) is 22.3 Å². The zero-order chi connectivity index (χ0) is 9.80. The summed E-state index contributed by atoms with van der Waals surface area (Å²) in [5, 5.41) is 6.06. The van der Waals surface area contributed by atoms with Gasteiger partial charge in [0.1, 0.15) is 0 Å². The molecule has 14 heavy (non-hydrogen) atoms. The predicted octanol–water partition coefficient (Wildman–Crippen LogP) is 0.727. The third-order valence-corrected chi connectivity index (χ3v) is 2.09. The molecule has 0 unspecified atom stereocenters. The Labute approximate surface area is 83.4 Å². The van der Waals surface area contributed by atoms with Gasteiger partial charge in [0.2, 0.25) is 0 Å². The minimum atomic E-state index is 0.916. The summed E-state index contributed by atoms with van der Waals surface area (Å²) in [5.74, 6) is 0. The topological polar surface area (TPSA) is 34.4 Å². The molecular weight excluding hydrogens is 174 g/mol. The van der Waals surface area contributed by atoms with Gasteiger partial charge >= 0.3 is 0 Å². The second-order valence-electron chi connectivity index (χ2n) is 3.11. The van der Waals surface area contributed by atoms with E-state index in [0.717, 1.165) is 12.2 Å². The fraction of sp³-hybridized carbons (Fsp3) is 0.0909. The Morgan fingerprint density at radius 3 is 2.64 bits per heavy atom. The van der Waals surface area contributed by atoms with Crippen molar-refractivity contribution in [1.29, 1.82) is 0 Å². The lowest BCUT2D eigenvalue weighted by molar-refractivity contribution is -0.612. The maximum atomic E-state index is 4.16. The molecule has 0 saturated carbocycles. The lowest BCUT2D eigenvalue weighted by atomic mass is 10.2. The number of quaternary nitrogens is 1. The van der Waals surface area contributed by atoms with Crippen molar-refractivity contribution < 1.29 is 5.32 Å². The smallest absolute Gasteiger partial charge is 0.0773 e. The number of nitrogens with zero attached hydrogens (tertiary/aromatic N) is 2. The van der Waals surface area contributed by atoms with Crippen LogP contribution in [0.2, 0.25) is 0 Å². The van der Waals surface area contributed by atoms with Crippen LogP contribution in [0.25, 0.3) is 5.69 Å². The van der Waals surface area contributed by atoms with Crippen LogP contribution in [0.4, 0.5) is 0 Å². The van der Waals surface area contributed by atoms with Crippen LogP contribution < -0.4 is 5.32 Å². The number of hydrogen-bond donors (Lipinski definition) is 1. The van der Waals surface area contributed by atoms with E-state index < -0.39 is 0 Å². The van der Waals surface area contributed by atoms with Gasteiger partial charge in [0.15, 0.2) is 0 Å². The summed E-state index contributed by atoms with van der Waals surface area (Å²) >= 11 is 0. The van der Waals surface area contributed by atoms with Crippen molar-refractivity contribution in [1.82, 2.24) is 9.78 Å². The SMILES string of the molecule is [CH2-][NH2+]Cc1ccc(-n2cccn2)cc1. The van der Waals surface area contributed by atoms with Crippen molar-refractivity contribution in [3.05, 3.63) is 55.3 Å². The van der Waals surface area contributed by atoms with E-state index >= 15 is 0 Å². The summed E-state index contributed by atoms with van der Waals surface area (Å²) in [6.07, 6.45) is 3.71. The Morgan fingerprint density at radius 2 is 2.07 bits per heavy atom. The van der Waals surface area contributed by atoms with Crippen LogP contribution in [0.15, 0.2) is 42.7 Å². The molecule has 2 N–H and O–H groups in total. The maximum absolute atomic E-state index is 4.16. The molecule has 1 aromatic heterocycles. The Bertz CT molecular complexity index is 375. The minimum Gasteiger partial charge on any atom is -0.475 e. The lowest BCUT2D eigenvalue weighted by Gasteiger charge is -2.03. The summed E-state index contributed by atoms with van der Waals surface area (Å²) in [7, 11) is 3.71. The van der Waals surface area contributed by atoms with Gasteiger partial charge in [0.25, 0.3) is 0 Å². The van der Waals surface area contributed by atoms with Gasteiger partial charge in [-0.2, -0.15) is 12.1 Å². The van der Waals surface area contributed by atoms with E-state index in [-0.39, 0.29) is 0 Å². The maximum Gasteiger partial charge on any atom is 0.0773 e.